The first-order chi connectivity index (χ1) is 17.4. The molecule has 1 aliphatic heterocycles. The Balaban J connectivity index is 1.43. The largest absolute Gasteiger partial charge is 0.365 e. The van der Waals surface area contributed by atoms with E-state index in [0.717, 1.165) is 33.5 Å². The molecule has 6 heteroatoms. The van der Waals surface area contributed by atoms with Crippen LogP contribution in [0.2, 0.25) is 0 Å². The highest BCUT2D eigenvalue weighted by atomic mass is 32.2. The minimum Gasteiger partial charge on any atom is -0.365 e. The van der Waals surface area contributed by atoms with Gasteiger partial charge in [-0.3, -0.25) is 0 Å². The monoisotopic (exact) mass is 498 g/mol. The van der Waals surface area contributed by atoms with Gasteiger partial charge in [0.25, 0.3) is 0 Å². The number of fused-ring (bicyclic) bond motifs is 1. The number of nitrogens with one attached hydrogen (secondary N) is 1. The zero-order valence-corrected chi connectivity index (χ0v) is 20.5. The zero-order valence-electron chi connectivity index (χ0n) is 19.7. The maximum Gasteiger partial charge on any atom is 0.234 e. The van der Waals surface area contributed by atoms with Crippen molar-refractivity contribution in [3.63, 3.8) is 0 Å². The number of rotatable bonds is 7. The number of nitrogens with zero attached hydrogens (tertiary/aromatic N) is 1. The first-order valence-electron chi connectivity index (χ1n) is 11.9. The molecule has 0 spiro atoms. The van der Waals surface area contributed by atoms with E-state index in [1.807, 2.05) is 54.6 Å². The summed E-state index contributed by atoms with van der Waals surface area (Å²) in [7, 11) is -3.64. The number of anilines is 1. The van der Waals surface area contributed by atoms with Gasteiger partial charge >= 0.3 is 0 Å². The summed E-state index contributed by atoms with van der Waals surface area (Å²) < 4.78 is 42.2. The van der Waals surface area contributed by atoms with Gasteiger partial charge in [-0.05, 0) is 64.6 Å². The predicted octanol–water partition coefficient (Wildman–Crippen LogP) is 6.01. The van der Waals surface area contributed by atoms with Crippen LogP contribution in [0.1, 0.15) is 16.7 Å². The Morgan fingerprint density at radius 3 is 2.25 bits per heavy atom. The van der Waals surface area contributed by atoms with Gasteiger partial charge in [0.1, 0.15) is 5.82 Å². The minimum absolute atomic E-state index is 0.274. The van der Waals surface area contributed by atoms with Gasteiger partial charge in [0.2, 0.25) is 10.0 Å². The van der Waals surface area contributed by atoms with E-state index < -0.39 is 10.0 Å². The molecule has 5 rings (SSSR count). The van der Waals surface area contributed by atoms with E-state index >= 15 is 0 Å². The topological polar surface area (TPSA) is 49.4 Å². The lowest BCUT2D eigenvalue weighted by molar-refractivity contribution is 0.530. The van der Waals surface area contributed by atoms with Crippen LogP contribution in [0.4, 0.5) is 10.1 Å². The fourth-order valence-electron chi connectivity index (χ4n) is 4.61. The van der Waals surface area contributed by atoms with E-state index in [0.29, 0.717) is 19.5 Å². The van der Waals surface area contributed by atoms with Crippen molar-refractivity contribution in [3.05, 3.63) is 131 Å². The lowest BCUT2D eigenvalue weighted by atomic mass is 9.94. The molecule has 0 saturated heterocycles. The molecule has 182 valence electrons. The quantitative estimate of drug-likeness (QED) is 0.339. The summed E-state index contributed by atoms with van der Waals surface area (Å²) in [6.07, 6.45) is 2.17. The summed E-state index contributed by atoms with van der Waals surface area (Å²) in [6, 6.07) is 31.8. The molecule has 4 aromatic rings. The van der Waals surface area contributed by atoms with Gasteiger partial charge in [0.15, 0.2) is 0 Å². The van der Waals surface area contributed by atoms with Gasteiger partial charge in [-0.2, -0.15) is 0 Å². The van der Waals surface area contributed by atoms with Crippen LogP contribution < -0.4 is 9.62 Å². The van der Waals surface area contributed by atoms with Crippen LogP contribution in [0.3, 0.4) is 0 Å². The van der Waals surface area contributed by atoms with Crippen LogP contribution in [0.5, 0.6) is 0 Å². The molecule has 1 N–H and O–H groups in total. The van der Waals surface area contributed by atoms with Crippen LogP contribution in [0.15, 0.2) is 109 Å². The summed E-state index contributed by atoms with van der Waals surface area (Å²) in [5, 5.41) is 1.23. The van der Waals surface area contributed by atoms with Crippen molar-refractivity contribution in [1.82, 2.24) is 4.72 Å². The third-order valence-electron chi connectivity index (χ3n) is 6.29. The molecule has 4 aromatic carbocycles. The van der Waals surface area contributed by atoms with E-state index in [2.05, 4.69) is 33.9 Å². The molecule has 0 bridgehead atoms. The average Bonchev–Trinajstić information content (AvgIpc) is 2.89. The molecule has 0 aliphatic carbocycles. The lowest BCUT2D eigenvalue weighted by Gasteiger charge is -2.36. The lowest BCUT2D eigenvalue weighted by Crippen LogP contribution is -2.47. The van der Waals surface area contributed by atoms with Gasteiger partial charge in [-0.15, -0.1) is 0 Å². The predicted molar refractivity (Wildman–Crippen MR) is 144 cm³/mol. The van der Waals surface area contributed by atoms with Crippen molar-refractivity contribution < 1.29 is 12.8 Å². The van der Waals surface area contributed by atoms with Crippen LogP contribution in [0.25, 0.3) is 17.2 Å². The fourth-order valence-corrected chi connectivity index (χ4v) is 5.65. The van der Waals surface area contributed by atoms with Crippen molar-refractivity contribution >= 4 is 21.8 Å². The molecule has 1 heterocycles. The van der Waals surface area contributed by atoms with Gasteiger partial charge in [0.05, 0.1) is 0 Å². The number of halogens is 1. The molecular weight excluding hydrogens is 471 g/mol. The SMILES string of the molecule is O=S(=O)(C=Cc1ccccc1)NC1Cc2cc(-c3ccc(F)cc3)ccc2N(Cc2ccccc2)C1. The van der Waals surface area contributed by atoms with E-state index in [-0.39, 0.29) is 11.9 Å². The highest BCUT2D eigenvalue weighted by Crippen LogP contribution is 2.33. The van der Waals surface area contributed by atoms with Crippen molar-refractivity contribution in [2.45, 2.75) is 19.0 Å². The third-order valence-corrected chi connectivity index (χ3v) is 7.45. The minimum atomic E-state index is -3.64. The Morgan fingerprint density at radius 2 is 1.53 bits per heavy atom. The highest BCUT2D eigenvalue weighted by molar-refractivity contribution is 7.92. The van der Waals surface area contributed by atoms with E-state index in [4.69, 9.17) is 0 Å². The maximum atomic E-state index is 13.4. The van der Waals surface area contributed by atoms with Crippen LogP contribution in [-0.2, 0) is 23.0 Å². The van der Waals surface area contributed by atoms with Crippen molar-refractivity contribution in [3.8, 4) is 11.1 Å². The zero-order chi connectivity index (χ0) is 25.0. The summed E-state index contributed by atoms with van der Waals surface area (Å²) in [5.74, 6) is -0.274. The molecule has 4 nitrogen and oxygen atoms in total. The van der Waals surface area contributed by atoms with Gasteiger partial charge in [-0.25, -0.2) is 17.5 Å². The molecule has 0 radical (unpaired) electrons. The summed E-state index contributed by atoms with van der Waals surface area (Å²) in [5.41, 5.74) is 6.01. The molecule has 1 aliphatic rings. The summed E-state index contributed by atoms with van der Waals surface area (Å²) in [6.45, 7) is 1.22. The van der Waals surface area contributed by atoms with E-state index in [9.17, 15) is 12.8 Å². The number of benzene rings is 4. The maximum absolute atomic E-state index is 13.4. The molecule has 0 fully saturated rings. The summed E-state index contributed by atoms with van der Waals surface area (Å²) >= 11 is 0. The molecule has 36 heavy (non-hydrogen) atoms. The Bertz CT molecular complexity index is 1450. The second-order valence-corrected chi connectivity index (χ2v) is 10.6. The van der Waals surface area contributed by atoms with Gasteiger partial charge in [0, 0.05) is 30.2 Å². The molecule has 0 aromatic heterocycles. The van der Waals surface area contributed by atoms with E-state index in [1.54, 1.807) is 18.2 Å². The normalized spacial score (nSPS) is 15.7. The fraction of sp³-hybridized carbons (Fsp3) is 0.133. The first-order valence-corrected chi connectivity index (χ1v) is 13.4. The Kier molecular flexibility index (Phi) is 6.98. The Hall–Kier alpha value is -3.74. The average molecular weight is 499 g/mol. The first kappa shape index (κ1) is 24.0. The molecule has 0 saturated carbocycles. The van der Waals surface area contributed by atoms with Crippen LogP contribution in [0, 0.1) is 5.82 Å². The Morgan fingerprint density at radius 1 is 0.861 bits per heavy atom. The molecule has 1 atom stereocenters. The van der Waals surface area contributed by atoms with E-state index in [1.165, 1.54) is 17.5 Å². The standard InChI is InChI=1S/C30H27FN2O2S/c31-28-14-11-25(12-15-28)26-13-16-30-27(19-26)20-29(22-33(30)21-24-9-5-2-6-10-24)32-36(34,35)18-17-23-7-3-1-4-8-23/h1-19,29,32H,20-22H2. The second kappa shape index (κ2) is 10.5. The third kappa shape index (κ3) is 5.90. The van der Waals surface area contributed by atoms with Gasteiger partial charge in [-0.1, -0.05) is 78.9 Å². The summed E-state index contributed by atoms with van der Waals surface area (Å²) in [4.78, 5) is 2.22. The van der Waals surface area contributed by atoms with Crippen molar-refractivity contribution in [2.75, 3.05) is 11.4 Å². The highest BCUT2D eigenvalue weighted by Gasteiger charge is 2.27. The molecule has 0 amide bonds. The van der Waals surface area contributed by atoms with Gasteiger partial charge < -0.3 is 4.90 Å². The van der Waals surface area contributed by atoms with Crippen LogP contribution >= 0.6 is 0 Å². The smallest absolute Gasteiger partial charge is 0.234 e. The van der Waals surface area contributed by atoms with Crippen molar-refractivity contribution in [1.29, 1.82) is 0 Å². The second-order valence-electron chi connectivity index (χ2n) is 8.99. The number of hydrogen-bond donors (Lipinski definition) is 1. The molecule has 1 unspecified atom stereocenters. The Labute approximate surface area is 211 Å². The van der Waals surface area contributed by atoms with Crippen LogP contribution in [-0.4, -0.2) is 21.0 Å². The van der Waals surface area contributed by atoms with Crippen molar-refractivity contribution in [2.24, 2.45) is 0 Å². The number of hydrogen-bond acceptors (Lipinski definition) is 3. The number of sulfonamides is 1. The molecular formula is C30H27FN2O2S.